The highest BCUT2D eigenvalue weighted by atomic mass is 28.5. The van der Waals surface area contributed by atoms with Crippen LogP contribution in [0.4, 0.5) is 0 Å². The van der Waals surface area contributed by atoms with E-state index in [1.807, 2.05) is 24.5 Å². The van der Waals surface area contributed by atoms with Crippen LogP contribution in [0.3, 0.4) is 0 Å². The van der Waals surface area contributed by atoms with Crippen LogP contribution >= 0.6 is 0 Å². The lowest BCUT2D eigenvalue weighted by molar-refractivity contribution is 0.161. The molecule has 0 spiro atoms. The summed E-state index contributed by atoms with van der Waals surface area (Å²) in [6.07, 6.45) is 3.27. The third-order valence-electron chi connectivity index (χ3n) is 3.65. The third kappa shape index (κ3) is 10.3. The molecule has 0 aliphatic rings. The zero-order valence-corrected chi connectivity index (χ0v) is 18.4. The molecule has 0 radical (unpaired) electrons. The highest BCUT2D eigenvalue weighted by Crippen LogP contribution is 2.26. The largest absolute Gasteiger partial charge is 0.409 e. The fraction of sp³-hybridized carbons (Fsp3) is 0.778. The van der Waals surface area contributed by atoms with Crippen molar-refractivity contribution in [3.8, 4) is 0 Å². The van der Waals surface area contributed by atoms with Gasteiger partial charge in [-0.15, -0.1) is 13.2 Å². The summed E-state index contributed by atoms with van der Waals surface area (Å²) in [4.78, 5) is 0. The standard InChI is InChI=1S/C18H38O3Si2/c1-10-13-14-19-22(8,11-2)21-23(9,12-3)20-16-17(4)15-18(5,6)7/h11-12,17H,2-3,10,13-16H2,1,4-9H3. The van der Waals surface area contributed by atoms with Crippen molar-refractivity contribution < 1.29 is 13.0 Å². The molecule has 0 aromatic carbocycles. The quantitative estimate of drug-likeness (QED) is 0.340. The van der Waals surface area contributed by atoms with E-state index in [-0.39, 0.29) is 0 Å². The summed E-state index contributed by atoms with van der Waals surface area (Å²) >= 11 is 0. The van der Waals surface area contributed by atoms with E-state index in [0.717, 1.165) is 19.3 Å². The molecule has 3 unspecified atom stereocenters. The highest BCUT2D eigenvalue weighted by molar-refractivity contribution is 6.84. The number of rotatable bonds is 12. The molecule has 0 aromatic heterocycles. The molecule has 0 rings (SSSR count). The van der Waals surface area contributed by atoms with Gasteiger partial charge in [-0.25, -0.2) is 0 Å². The van der Waals surface area contributed by atoms with Gasteiger partial charge in [0.2, 0.25) is 0 Å². The second-order valence-corrected chi connectivity index (χ2v) is 14.2. The SMILES string of the molecule is C=C[Si](C)(OCCCC)O[Si](C)(C=C)OCC(C)CC(C)(C)C. The van der Waals surface area contributed by atoms with Gasteiger partial charge in [0, 0.05) is 13.2 Å². The van der Waals surface area contributed by atoms with Crippen LogP contribution in [0, 0.1) is 11.3 Å². The molecule has 3 nitrogen and oxygen atoms in total. The first-order valence-electron chi connectivity index (χ1n) is 8.74. The maximum Gasteiger partial charge on any atom is 0.352 e. The number of unbranched alkanes of at least 4 members (excludes halogenated alkanes) is 1. The molecule has 23 heavy (non-hydrogen) atoms. The van der Waals surface area contributed by atoms with Crippen molar-refractivity contribution in [1.82, 2.24) is 0 Å². The van der Waals surface area contributed by atoms with Gasteiger partial charge in [-0.1, -0.05) is 52.4 Å². The first-order chi connectivity index (χ1) is 10.5. The Hall–Kier alpha value is -0.206. The predicted octanol–water partition coefficient (Wildman–Crippen LogP) is 5.50. The van der Waals surface area contributed by atoms with E-state index in [0.29, 0.717) is 24.5 Å². The van der Waals surface area contributed by atoms with Crippen molar-refractivity contribution in [3.05, 3.63) is 24.6 Å². The predicted molar refractivity (Wildman–Crippen MR) is 105 cm³/mol. The van der Waals surface area contributed by atoms with Crippen LogP contribution in [-0.4, -0.2) is 30.3 Å². The van der Waals surface area contributed by atoms with Gasteiger partial charge in [-0.05, 0) is 37.3 Å². The van der Waals surface area contributed by atoms with Crippen molar-refractivity contribution in [2.24, 2.45) is 11.3 Å². The van der Waals surface area contributed by atoms with Crippen LogP contribution in [0.5, 0.6) is 0 Å². The van der Waals surface area contributed by atoms with E-state index in [4.69, 9.17) is 13.0 Å². The second-order valence-electron chi connectivity index (χ2n) is 7.93. The summed E-state index contributed by atoms with van der Waals surface area (Å²) < 4.78 is 18.6. The minimum atomic E-state index is -2.45. The van der Waals surface area contributed by atoms with Crippen LogP contribution in [0.15, 0.2) is 24.6 Å². The Labute approximate surface area is 146 Å². The molecule has 0 heterocycles. The Morgan fingerprint density at radius 2 is 1.57 bits per heavy atom. The lowest BCUT2D eigenvalue weighted by Crippen LogP contribution is -2.51. The fourth-order valence-electron chi connectivity index (χ4n) is 2.49. The zero-order valence-electron chi connectivity index (χ0n) is 16.4. The number of hydrogen-bond donors (Lipinski definition) is 0. The topological polar surface area (TPSA) is 27.7 Å². The first kappa shape index (κ1) is 22.8. The maximum absolute atomic E-state index is 6.35. The van der Waals surface area contributed by atoms with Crippen LogP contribution < -0.4 is 0 Å². The van der Waals surface area contributed by atoms with Crippen LogP contribution in [-0.2, 0) is 13.0 Å². The Morgan fingerprint density at radius 1 is 1.04 bits per heavy atom. The van der Waals surface area contributed by atoms with Crippen LogP contribution in [0.2, 0.25) is 13.1 Å². The molecule has 0 fully saturated rings. The van der Waals surface area contributed by atoms with Gasteiger partial charge < -0.3 is 13.0 Å². The van der Waals surface area contributed by atoms with Crippen molar-refractivity contribution in [1.29, 1.82) is 0 Å². The molecule has 0 aliphatic carbocycles. The lowest BCUT2D eigenvalue weighted by Gasteiger charge is -2.34. The zero-order chi connectivity index (χ0) is 18.1. The smallest absolute Gasteiger partial charge is 0.352 e. The van der Waals surface area contributed by atoms with Crippen LogP contribution in [0.1, 0.15) is 53.9 Å². The van der Waals surface area contributed by atoms with Gasteiger partial charge >= 0.3 is 17.1 Å². The summed E-state index contributed by atoms with van der Waals surface area (Å²) in [7, 11) is -4.86. The molecule has 0 aliphatic heterocycles. The minimum Gasteiger partial charge on any atom is -0.409 e. The first-order valence-corrected chi connectivity index (χ1v) is 13.5. The molecule has 0 bridgehead atoms. The molecule has 0 saturated carbocycles. The van der Waals surface area contributed by atoms with E-state index in [2.05, 4.69) is 47.8 Å². The molecule has 136 valence electrons. The molecular formula is C18H38O3Si2. The highest BCUT2D eigenvalue weighted by Gasteiger charge is 2.40. The van der Waals surface area contributed by atoms with Crippen molar-refractivity contribution in [3.63, 3.8) is 0 Å². The molecule has 3 atom stereocenters. The molecule has 0 N–H and O–H groups in total. The molecule has 5 heteroatoms. The van der Waals surface area contributed by atoms with Gasteiger partial charge in [0.1, 0.15) is 0 Å². The average Bonchev–Trinajstić information content (AvgIpc) is 2.44. The van der Waals surface area contributed by atoms with Gasteiger partial charge in [-0.2, -0.15) is 0 Å². The Morgan fingerprint density at radius 3 is 2.00 bits per heavy atom. The maximum atomic E-state index is 6.35. The van der Waals surface area contributed by atoms with E-state index in [1.54, 1.807) is 0 Å². The molecule has 0 aromatic rings. The molecule has 0 amide bonds. The van der Waals surface area contributed by atoms with E-state index < -0.39 is 17.1 Å². The summed E-state index contributed by atoms with van der Waals surface area (Å²) in [6, 6.07) is 0. The second kappa shape index (κ2) is 9.94. The third-order valence-corrected chi connectivity index (χ3v) is 9.89. The van der Waals surface area contributed by atoms with E-state index in [9.17, 15) is 0 Å². The fourth-order valence-corrected chi connectivity index (χ4v) is 8.25. The summed E-state index contributed by atoms with van der Waals surface area (Å²) in [5, 5.41) is 0. The summed E-state index contributed by atoms with van der Waals surface area (Å²) in [5.74, 6) is 0.489. The van der Waals surface area contributed by atoms with Gasteiger partial charge in [0.05, 0.1) is 0 Å². The van der Waals surface area contributed by atoms with Crippen molar-refractivity contribution >= 4 is 17.1 Å². The number of hydrogen-bond acceptors (Lipinski definition) is 3. The van der Waals surface area contributed by atoms with Gasteiger partial charge in [-0.3, -0.25) is 0 Å². The van der Waals surface area contributed by atoms with E-state index in [1.165, 1.54) is 0 Å². The van der Waals surface area contributed by atoms with Crippen molar-refractivity contribution in [2.75, 3.05) is 13.2 Å². The summed E-state index contributed by atoms with van der Waals surface area (Å²) in [6.45, 7) is 24.5. The Kier molecular flexibility index (Phi) is 9.85. The van der Waals surface area contributed by atoms with E-state index >= 15 is 0 Å². The molecule has 0 saturated heterocycles. The summed E-state index contributed by atoms with van der Waals surface area (Å²) in [5.41, 5.74) is 4.01. The minimum absolute atomic E-state index is 0.309. The Balaban J connectivity index is 4.68. The monoisotopic (exact) mass is 358 g/mol. The molecular weight excluding hydrogens is 320 g/mol. The van der Waals surface area contributed by atoms with Crippen molar-refractivity contribution in [2.45, 2.75) is 67.0 Å². The average molecular weight is 359 g/mol. The van der Waals surface area contributed by atoms with Crippen LogP contribution in [0.25, 0.3) is 0 Å². The normalized spacial score (nSPS) is 18.7. The lowest BCUT2D eigenvalue weighted by atomic mass is 9.86. The van der Waals surface area contributed by atoms with Gasteiger partial charge in [0.25, 0.3) is 0 Å². The van der Waals surface area contributed by atoms with Gasteiger partial charge in [0.15, 0.2) is 0 Å². The Bertz CT molecular complexity index is 368.